The van der Waals surface area contributed by atoms with E-state index in [0.717, 1.165) is 6.07 Å². The second kappa shape index (κ2) is 5.48. The summed E-state index contributed by atoms with van der Waals surface area (Å²) in [5.41, 5.74) is -0.805. The van der Waals surface area contributed by atoms with Gasteiger partial charge >= 0.3 is 5.97 Å². The fourth-order valence-electron chi connectivity index (χ4n) is 1.27. The van der Waals surface area contributed by atoms with Gasteiger partial charge in [0.2, 0.25) is 0 Å². The van der Waals surface area contributed by atoms with Crippen molar-refractivity contribution in [2.45, 2.75) is 26.9 Å². The SMILES string of the molecule is CC(C)C(C)Oc1ccc(C(=O)O)c([N+](=O)[O-])c1. The summed E-state index contributed by atoms with van der Waals surface area (Å²) in [6.07, 6.45) is -0.111. The van der Waals surface area contributed by atoms with E-state index in [1.54, 1.807) is 0 Å². The van der Waals surface area contributed by atoms with E-state index in [-0.39, 0.29) is 17.6 Å². The van der Waals surface area contributed by atoms with E-state index in [4.69, 9.17) is 9.84 Å². The summed E-state index contributed by atoms with van der Waals surface area (Å²) in [6, 6.07) is 3.75. The van der Waals surface area contributed by atoms with E-state index in [2.05, 4.69) is 0 Å². The molecular formula is C12H15NO5. The van der Waals surface area contributed by atoms with E-state index >= 15 is 0 Å². The van der Waals surface area contributed by atoms with Gasteiger partial charge in [0.25, 0.3) is 5.69 Å². The second-order valence-electron chi connectivity index (χ2n) is 4.31. The van der Waals surface area contributed by atoms with Crippen molar-refractivity contribution in [1.29, 1.82) is 0 Å². The molecule has 1 atom stereocenters. The molecule has 0 radical (unpaired) electrons. The van der Waals surface area contributed by atoms with Crippen molar-refractivity contribution in [1.82, 2.24) is 0 Å². The van der Waals surface area contributed by atoms with Crippen molar-refractivity contribution in [2.24, 2.45) is 5.92 Å². The van der Waals surface area contributed by atoms with Gasteiger partial charge in [-0.3, -0.25) is 10.1 Å². The number of nitro groups is 1. The van der Waals surface area contributed by atoms with Crippen LogP contribution in [-0.2, 0) is 0 Å². The van der Waals surface area contributed by atoms with E-state index < -0.39 is 16.6 Å². The summed E-state index contributed by atoms with van der Waals surface area (Å²) in [4.78, 5) is 20.9. The third-order valence-electron chi connectivity index (χ3n) is 2.66. The number of hydrogen-bond acceptors (Lipinski definition) is 4. The Bertz CT molecular complexity index is 470. The summed E-state index contributed by atoms with van der Waals surface area (Å²) < 4.78 is 5.50. The van der Waals surface area contributed by atoms with Gasteiger partial charge in [-0.25, -0.2) is 4.79 Å². The molecule has 1 N–H and O–H groups in total. The van der Waals surface area contributed by atoms with Crippen LogP contribution in [0.25, 0.3) is 0 Å². The molecule has 0 saturated carbocycles. The number of nitrogens with zero attached hydrogens (tertiary/aromatic N) is 1. The van der Waals surface area contributed by atoms with Crippen LogP contribution in [0.2, 0.25) is 0 Å². The molecule has 1 unspecified atom stereocenters. The van der Waals surface area contributed by atoms with Crippen LogP contribution in [0.15, 0.2) is 18.2 Å². The molecule has 18 heavy (non-hydrogen) atoms. The number of ether oxygens (including phenoxy) is 1. The monoisotopic (exact) mass is 253 g/mol. The Morgan fingerprint density at radius 3 is 2.44 bits per heavy atom. The summed E-state index contributed by atoms with van der Waals surface area (Å²) >= 11 is 0. The van der Waals surface area contributed by atoms with Crippen molar-refractivity contribution in [3.05, 3.63) is 33.9 Å². The zero-order valence-electron chi connectivity index (χ0n) is 10.4. The van der Waals surface area contributed by atoms with Crippen molar-refractivity contribution in [2.75, 3.05) is 0 Å². The molecule has 0 fully saturated rings. The summed E-state index contributed by atoms with van der Waals surface area (Å²) in [6.45, 7) is 5.77. The normalized spacial score (nSPS) is 12.2. The maximum absolute atomic E-state index is 10.8. The molecule has 0 spiro atoms. The van der Waals surface area contributed by atoms with Crippen molar-refractivity contribution >= 4 is 11.7 Å². The zero-order valence-corrected chi connectivity index (χ0v) is 10.4. The Hall–Kier alpha value is -2.11. The first-order valence-corrected chi connectivity index (χ1v) is 5.51. The second-order valence-corrected chi connectivity index (χ2v) is 4.31. The van der Waals surface area contributed by atoms with Crippen LogP contribution >= 0.6 is 0 Å². The topological polar surface area (TPSA) is 89.7 Å². The predicted octanol–water partition coefficient (Wildman–Crippen LogP) is 2.72. The first kappa shape index (κ1) is 14.0. The number of aromatic carboxylic acids is 1. The van der Waals surface area contributed by atoms with Gasteiger partial charge in [-0.2, -0.15) is 0 Å². The van der Waals surface area contributed by atoms with Crippen LogP contribution in [0.5, 0.6) is 5.75 Å². The molecule has 0 aliphatic carbocycles. The highest BCUT2D eigenvalue weighted by molar-refractivity contribution is 5.92. The maximum Gasteiger partial charge on any atom is 0.342 e. The number of nitro benzene ring substituents is 1. The predicted molar refractivity (Wildman–Crippen MR) is 65.0 cm³/mol. The van der Waals surface area contributed by atoms with Crippen LogP contribution in [0, 0.1) is 16.0 Å². The highest BCUT2D eigenvalue weighted by Crippen LogP contribution is 2.26. The van der Waals surface area contributed by atoms with Crippen LogP contribution in [0.3, 0.4) is 0 Å². The molecule has 0 aliphatic heterocycles. The standard InChI is InChI=1S/C12H15NO5/c1-7(2)8(3)18-9-4-5-10(12(14)15)11(6-9)13(16)17/h4-8H,1-3H3,(H,14,15). The average molecular weight is 253 g/mol. The molecule has 0 aromatic heterocycles. The first-order chi connectivity index (χ1) is 8.32. The fraction of sp³-hybridized carbons (Fsp3) is 0.417. The van der Waals surface area contributed by atoms with Gasteiger partial charge in [-0.05, 0) is 25.0 Å². The lowest BCUT2D eigenvalue weighted by Gasteiger charge is -2.17. The molecule has 1 rings (SSSR count). The minimum atomic E-state index is -1.33. The van der Waals surface area contributed by atoms with Crippen LogP contribution < -0.4 is 4.74 Å². The number of carbonyl (C=O) groups is 1. The fourth-order valence-corrected chi connectivity index (χ4v) is 1.27. The van der Waals surface area contributed by atoms with Crippen LogP contribution in [0.4, 0.5) is 5.69 Å². The molecule has 0 aliphatic rings. The van der Waals surface area contributed by atoms with Crippen molar-refractivity contribution < 1.29 is 19.6 Å². The Morgan fingerprint density at radius 2 is 2.00 bits per heavy atom. The number of carboxylic acids is 1. The average Bonchev–Trinajstić information content (AvgIpc) is 2.28. The minimum Gasteiger partial charge on any atom is -0.490 e. The highest BCUT2D eigenvalue weighted by atomic mass is 16.6. The Labute approximate surface area is 104 Å². The lowest BCUT2D eigenvalue weighted by molar-refractivity contribution is -0.385. The molecule has 0 amide bonds. The lowest BCUT2D eigenvalue weighted by Crippen LogP contribution is -2.18. The molecule has 0 bridgehead atoms. The molecular weight excluding hydrogens is 238 g/mol. The van der Waals surface area contributed by atoms with Gasteiger partial charge in [-0.15, -0.1) is 0 Å². The molecule has 0 saturated heterocycles. The molecule has 1 aromatic rings. The first-order valence-electron chi connectivity index (χ1n) is 5.51. The number of hydrogen-bond donors (Lipinski definition) is 1. The van der Waals surface area contributed by atoms with E-state index in [1.807, 2.05) is 20.8 Å². The van der Waals surface area contributed by atoms with Crippen molar-refractivity contribution in [3.63, 3.8) is 0 Å². The highest BCUT2D eigenvalue weighted by Gasteiger charge is 2.21. The number of benzene rings is 1. The van der Waals surface area contributed by atoms with Gasteiger partial charge in [0.15, 0.2) is 0 Å². The maximum atomic E-state index is 10.8. The Kier molecular flexibility index (Phi) is 4.25. The largest absolute Gasteiger partial charge is 0.490 e. The van der Waals surface area contributed by atoms with E-state index in [0.29, 0.717) is 5.75 Å². The van der Waals surface area contributed by atoms with Crippen LogP contribution in [0.1, 0.15) is 31.1 Å². The zero-order chi connectivity index (χ0) is 13.9. The Balaban J connectivity index is 3.08. The summed E-state index contributed by atoms with van der Waals surface area (Å²) in [7, 11) is 0. The minimum absolute atomic E-state index is 0.111. The van der Waals surface area contributed by atoms with E-state index in [9.17, 15) is 14.9 Å². The van der Waals surface area contributed by atoms with Gasteiger partial charge in [0.1, 0.15) is 11.3 Å². The summed E-state index contributed by atoms with van der Waals surface area (Å²) in [5, 5.41) is 19.6. The Morgan fingerprint density at radius 1 is 1.39 bits per heavy atom. The molecule has 1 aromatic carbocycles. The molecule has 6 heteroatoms. The van der Waals surface area contributed by atoms with Crippen LogP contribution in [-0.4, -0.2) is 22.1 Å². The quantitative estimate of drug-likeness (QED) is 0.643. The molecule has 98 valence electrons. The number of rotatable bonds is 5. The molecule has 6 nitrogen and oxygen atoms in total. The summed E-state index contributed by atoms with van der Waals surface area (Å²) in [5.74, 6) is -0.777. The number of carboxylic acid groups (broad SMARTS) is 1. The molecule has 0 heterocycles. The third kappa shape index (κ3) is 3.19. The van der Waals surface area contributed by atoms with Gasteiger partial charge in [-0.1, -0.05) is 13.8 Å². The lowest BCUT2D eigenvalue weighted by atomic mass is 10.1. The van der Waals surface area contributed by atoms with Gasteiger partial charge in [0.05, 0.1) is 17.1 Å². The smallest absolute Gasteiger partial charge is 0.342 e. The van der Waals surface area contributed by atoms with E-state index in [1.165, 1.54) is 12.1 Å². The van der Waals surface area contributed by atoms with Gasteiger partial charge < -0.3 is 9.84 Å². The third-order valence-corrected chi connectivity index (χ3v) is 2.66. The van der Waals surface area contributed by atoms with Gasteiger partial charge in [0, 0.05) is 0 Å². The van der Waals surface area contributed by atoms with Crippen molar-refractivity contribution in [3.8, 4) is 5.75 Å².